The van der Waals surface area contributed by atoms with E-state index in [1.807, 2.05) is 60.7 Å². The Labute approximate surface area is 200 Å². The molecular formula is C26H24O6S2. The molecule has 176 valence electrons. The van der Waals surface area contributed by atoms with Crippen LogP contribution in [0.2, 0.25) is 0 Å². The van der Waals surface area contributed by atoms with Crippen LogP contribution < -0.4 is 0 Å². The van der Waals surface area contributed by atoms with Crippen LogP contribution in [-0.4, -0.2) is 25.9 Å². The molecule has 0 bridgehead atoms. The van der Waals surface area contributed by atoms with E-state index >= 15 is 0 Å². The highest BCUT2D eigenvalue weighted by Gasteiger charge is 2.22. The molecule has 0 aliphatic rings. The summed E-state index contributed by atoms with van der Waals surface area (Å²) in [6, 6.07) is 32.1. The number of rotatable bonds is 5. The molecule has 0 heterocycles. The minimum atomic E-state index is -4.18. The zero-order valence-corrected chi connectivity index (χ0v) is 19.9. The van der Waals surface area contributed by atoms with Crippen LogP contribution in [-0.2, 0) is 20.2 Å². The molecule has 0 saturated heterocycles. The lowest BCUT2D eigenvalue weighted by atomic mass is 9.98. The fourth-order valence-corrected chi connectivity index (χ4v) is 4.68. The Morgan fingerprint density at radius 1 is 0.559 bits per heavy atom. The zero-order valence-electron chi connectivity index (χ0n) is 18.3. The van der Waals surface area contributed by atoms with Gasteiger partial charge >= 0.3 is 0 Å². The third-order valence-corrected chi connectivity index (χ3v) is 7.24. The minimum absolute atomic E-state index is 0.0683. The van der Waals surface area contributed by atoms with Crippen LogP contribution in [0.3, 0.4) is 0 Å². The fourth-order valence-electron chi connectivity index (χ4n) is 3.44. The molecule has 0 spiro atoms. The SMILES string of the molecule is CC(c1ccccc1-c1ccccc1)S(=O)(=O)O.O=S(=O)(O)c1ccccc1-c1ccccc1. The molecule has 0 aliphatic carbocycles. The molecule has 0 saturated carbocycles. The van der Waals surface area contributed by atoms with Crippen LogP contribution in [0.15, 0.2) is 114 Å². The first kappa shape index (κ1) is 25.3. The van der Waals surface area contributed by atoms with Gasteiger partial charge in [0.1, 0.15) is 10.1 Å². The van der Waals surface area contributed by atoms with E-state index in [2.05, 4.69) is 0 Å². The lowest BCUT2D eigenvalue weighted by molar-refractivity contribution is 0.472. The highest BCUT2D eigenvalue weighted by molar-refractivity contribution is 7.86. The van der Waals surface area contributed by atoms with Gasteiger partial charge in [0.15, 0.2) is 0 Å². The Morgan fingerprint density at radius 3 is 1.47 bits per heavy atom. The van der Waals surface area contributed by atoms with Crippen molar-refractivity contribution in [2.24, 2.45) is 0 Å². The Balaban J connectivity index is 0.000000192. The van der Waals surface area contributed by atoms with Gasteiger partial charge in [0.05, 0.1) is 0 Å². The summed E-state index contributed by atoms with van der Waals surface area (Å²) in [6.07, 6.45) is 0. The molecule has 0 aromatic heterocycles. The van der Waals surface area contributed by atoms with E-state index in [0.717, 1.165) is 16.7 Å². The van der Waals surface area contributed by atoms with Gasteiger partial charge in [0.25, 0.3) is 20.2 Å². The van der Waals surface area contributed by atoms with Gasteiger partial charge in [-0.1, -0.05) is 103 Å². The lowest BCUT2D eigenvalue weighted by Gasteiger charge is -2.14. The van der Waals surface area contributed by atoms with Gasteiger partial charge in [-0.3, -0.25) is 9.11 Å². The first-order chi connectivity index (χ1) is 16.1. The summed E-state index contributed by atoms with van der Waals surface area (Å²) >= 11 is 0. The molecule has 0 fully saturated rings. The van der Waals surface area contributed by atoms with Gasteiger partial charge in [-0.05, 0) is 35.2 Å². The quantitative estimate of drug-likeness (QED) is 0.333. The molecule has 1 atom stereocenters. The lowest BCUT2D eigenvalue weighted by Crippen LogP contribution is -2.09. The normalized spacial score (nSPS) is 12.3. The number of hydrogen-bond acceptors (Lipinski definition) is 4. The summed E-state index contributed by atoms with van der Waals surface area (Å²) in [5, 5.41) is -0.936. The largest absolute Gasteiger partial charge is 0.295 e. The van der Waals surface area contributed by atoms with E-state index in [1.165, 1.54) is 13.0 Å². The molecule has 34 heavy (non-hydrogen) atoms. The van der Waals surface area contributed by atoms with E-state index in [1.54, 1.807) is 42.5 Å². The zero-order chi connectivity index (χ0) is 24.8. The van der Waals surface area contributed by atoms with Crippen LogP contribution in [0.1, 0.15) is 17.7 Å². The summed E-state index contributed by atoms with van der Waals surface area (Å²) in [5.41, 5.74) is 3.62. The van der Waals surface area contributed by atoms with Crippen molar-refractivity contribution in [2.45, 2.75) is 17.1 Å². The average molecular weight is 497 g/mol. The van der Waals surface area contributed by atoms with Gasteiger partial charge in [0, 0.05) is 5.56 Å². The van der Waals surface area contributed by atoms with Crippen molar-refractivity contribution in [3.05, 3.63) is 115 Å². The van der Waals surface area contributed by atoms with Gasteiger partial charge in [-0.25, -0.2) is 0 Å². The van der Waals surface area contributed by atoms with E-state index in [4.69, 9.17) is 4.55 Å². The predicted molar refractivity (Wildman–Crippen MR) is 134 cm³/mol. The van der Waals surface area contributed by atoms with Crippen molar-refractivity contribution < 1.29 is 25.9 Å². The van der Waals surface area contributed by atoms with Gasteiger partial charge in [-0.15, -0.1) is 0 Å². The molecule has 0 radical (unpaired) electrons. The maximum absolute atomic E-state index is 11.3. The molecule has 8 heteroatoms. The van der Waals surface area contributed by atoms with Crippen LogP contribution in [0.5, 0.6) is 0 Å². The maximum atomic E-state index is 11.3. The molecule has 4 aromatic carbocycles. The van der Waals surface area contributed by atoms with E-state index in [-0.39, 0.29) is 4.90 Å². The van der Waals surface area contributed by atoms with Crippen molar-refractivity contribution in [3.63, 3.8) is 0 Å². The predicted octanol–water partition coefficient (Wildman–Crippen LogP) is 5.90. The highest BCUT2D eigenvalue weighted by atomic mass is 32.2. The second-order valence-corrected chi connectivity index (χ2v) is 10.6. The Morgan fingerprint density at radius 2 is 0.971 bits per heavy atom. The first-order valence-electron chi connectivity index (χ1n) is 10.3. The third kappa shape index (κ3) is 6.39. The Hall–Kier alpha value is -3.30. The highest BCUT2D eigenvalue weighted by Crippen LogP contribution is 2.31. The van der Waals surface area contributed by atoms with Crippen molar-refractivity contribution in [2.75, 3.05) is 0 Å². The monoisotopic (exact) mass is 496 g/mol. The second-order valence-electron chi connectivity index (χ2n) is 7.45. The van der Waals surface area contributed by atoms with Crippen molar-refractivity contribution >= 4 is 20.2 Å². The van der Waals surface area contributed by atoms with E-state index in [9.17, 15) is 21.4 Å². The number of hydrogen-bond donors (Lipinski definition) is 2. The Bertz CT molecular complexity index is 1450. The standard InChI is InChI=1S/C14H14O3S.C12H10O3S/c1-11(18(15,16)17)13-9-5-6-10-14(13)12-7-3-2-4-8-12;13-16(14,15)12-9-5-4-8-11(12)10-6-2-1-3-7-10/h2-11H,1H3,(H,15,16,17);1-9H,(H,13,14,15). The Kier molecular flexibility index (Phi) is 8.01. The van der Waals surface area contributed by atoms with Gasteiger partial charge in [0.2, 0.25) is 0 Å². The van der Waals surface area contributed by atoms with E-state index in [0.29, 0.717) is 11.1 Å². The summed E-state index contributed by atoms with van der Waals surface area (Å²) in [5.74, 6) is 0. The average Bonchev–Trinajstić information content (AvgIpc) is 2.84. The fraction of sp³-hybridized carbons (Fsp3) is 0.0769. The second kappa shape index (κ2) is 10.8. The molecule has 1 unspecified atom stereocenters. The van der Waals surface area contributed by atoms with Crippen LogP contribution in [0, 0.1) is 0 Å². The van der Waals surface area contributed by atoms with Crippen LogP contribution in [0.25, 0.3) is 22.3 Å². The molecule has 6 nitrogen and oxygen atoms in total. The summed E-state index contributed by atoms with van der Waals surface area (Å²) in [7, 11) is -8.27. The maximum Gasteiger partial charge on any atom is 0.295 e. The van der Waals surface area contributed by atoms with Gasteiger partial charge in [-0.2, -0.15) is 16.8 Å². The van der Waals surface area contributed by atoms with Crippen molar-refractivity contribution in [1.29, 1.82) is 0 Å². The summed E-state index contributed by atoms with van der Waals surface area (Å²) < 4.78 is 63.2. The van der Waals surface area contributed by atoms with Gasteiger partial charge < -0.3 is 0 Å². The number of benzene rings is 4. The topological polar surface area (TPSA) is 109 Å². The third-order valence-electron chi connectivity index (χ3n) is 5.18. The van der Waals surface area contributed by atoms with Crippen molar-refractivity contribution in [1.82, 2.24) is 0 Å². The smallest absolute Gasteiger partial charge is 0.285 e. The van der Waals surface area contributed by atoms with E-state index < -0.39 is 25.5 Å². The summed E-state index contributed by atoms with van der Waals surface area (Å²) in [6.45, 7) is 1.48. The molecule has 0 amide bonds. The molecule has 4 rings (SSSR count). The summed E-state index contributed by atoms with van der Waals surface area (Å²) in [4.78, 5) is -0.0683. The van der Waals surface area contributed by atoms with Crippen LogP contribution >= 0.6 is 0 Å². The molecule has 2 N–H and O–H groups in total. The molecule has 4 aromatic rings. The molecular weight excluding hydrogens is 472 g/mol. The van der Waals surface area contributed by atoms with Crippen molar-refractivity contribution in [3.8, 4) is 22.3 Å². The first-order valence-corrected chi connectivity index (χ1v) is 13.3. The molecule has 0 aliphatic heterocycles. The van der Waals surface area contributed by atoms with Crippen LogP contribution in [0.4, 0.5) is 0 Å². The minimum Gasteiger partial charge on any atom is -0.285 e.